The quantitative estimate of drug-likeness (QED) is 0.698. The topological polar surface area (TPSA) is 38.3 Å². The van der Waals surface area contributed by atoms with Crippen LogP contribution in [0.1, 0.15) is 32.1 Å². The van der Waals surface area contributed by atoms with Crippen molar-refractivity contribution in [1.29, 1.82) is 0 Å². The van der Waals surface area contributed by atoms with Crippen LogP contribution in [0.2, 0.25) is 0 Å². The van der Waals surface area contributed by atoms with Crippen LogP contribution in [0.3, 0.4) is 0 Å². The number of ether oxygens (including phenoxy) is 1. The Morgan fingerprint density at radius 3 is 2.85 bits per heavy atom. The number of rotatable bonds is 2. The third kappa shape index (κ3) is 2.02. The van der Waals surface area contributed by atoms with Gasteiger partial charge < -0.3 is 10.1 Å². The summed E-state index contributed by atoms with van der Waals surface area (Å²) >= 11 is 0. The summed E-state index contributed by atoms with van der Waals surface area (Å²) in [7, 11) is 0. The summed E-state index contributed by atoms with van der Waals surface area (Å²) in [6.07, 6.45) is 6.96. The molecule has 3 heteroatoms. The average molecular weight is 181 g/mol. The van der Waals surface area contributed by atoms with E-state index in [2.05, 4.69) is 5.32 Å². The standard InChI is InChI=1S/C10H15NO2/c12-10(11-9-4-1-5-9)8-3-2-6-13-7-8/h7,9H,1-6H2,(H,11,12). The molecular formula is C10H15NO2. The Labute approximate surface area is 78.1 Å². The largest absolute Gasteiger partial charge is 0.501 e. The van der Waals surface area contributed by atoms with Crippen LogP contribution in [0.25, 0.3) is 0 Å². The van der Waals surface area contributed by atoms with Gasteiger partial charge in [0.15, 0.2) is 0 Å². The molecule has 13 heavy (non-hydrogen) atoms. The van der Waals surface area contributed by atoms with E-state index in [-0.39, 0.29) is 5.91 Å². The molecule has 1 heterocycles. The van der Waals surface area contributed by atoms with Crippen LogP contribution in [-0.4, -0.2) is 18.6 Å². The lowest BCUT2D eigenvalue weighted by Gasteiger charge is -2.27. The van der Waals surface area contributed by atoms with Gasteiger partial charge in [-0.2, -0.15) is 0 Å². The maximum absolute atomic E-state index is 11.5. The Morgan fingerprint density at radius 1 is 1.46 bits per heavy atom. The first-order chi connectivity index (χ1) is 6.36. The molecular weight excluding hydrogens is 166 g/mol. The first-order valence-corrected chi connectivity index (χ1v) is 4.98. The van der Waals surface area contributed by atoms with Crippen molar-refractivity contribution in [2.24, 2.45) is 0 Å². The molecule has 1 amide bonds. The van der Waals surface area contributed by atoms with Crippen molar-refractivity contribution in [3.05, 3.63) is 11.8 Å². The molecule has 1 aliphatic carbocycles. The normalized spacial score (nSPS) is 22.6. The van der Waals surface area contributed by atoms with Gasteiger partial charge in [0.2, 0.25) is 0 Å². The number of carbonyl (C=O) groups excluding carboxylic acids is 1. The molecule has 0 aromatic carbocycles. The lowest BCUT2D eigenvalue weighted by atomic mass is 9.93. The molecule has 72 valence electrons. The zero-order valence-electron chi connectivity index (χ0n) is 7.71. The Morgan fingerprint density at radius 2 is 2.31 bits per heavy atom. The minimum Gasteiger partial charge on any atom is -0.501 e. The van der Waals surface area contributed by atoms with Gasteiger partial charge in [0.05, 0.1) is 18.4 Å². The second kappa shape index (κ2) is 3.81. The van der Waals surface area contributed by atoms with E-state index in [1.807, 2.05) is 0 Å². The Bertz CT molecular complexity index is 231. The number of hydrogen-bond acceptors (Lipinski definition) is 2. The van der Waals surface area contributed by atoms with Crippen LogP contribution in [0.15, 0.2) is 11.8 Å². The van der Waals surface area contributed by atoms with Crippen LogP contribution in [0.4, 0.5) is 0 Å². The Balaban J connectivity index is 1.84. The van der Waals surface area contributed by atoms with Gasteiger partial charge in [0, 0.05) is 6.04 Å². The van der Waals surface area contributed by atoms with Gasteiger partial charge in [-0.3, -0.25) is 4.79 Å². The fraction of sp³-hybridized carbons (Fsp3) is 0.700. The van der Waals surface area contributed by atoms with Crippen molar-refractivity contribution < 1.29 is 9.53 Å². The molecule has 0 unspecified atom stereocenters. The van der Waals surface area contributed by atoms with Gasteiger partial charge in [-0.05, 0) is 32.1 Å². The van der Waals surface area contributed by atoms with E-state index >= 15 is 0 Å². The summed E-state index contributed by atoms with van der Waals surface area (Å²) in [4.78, 5) is 11.5. The van der Waals surface area contributed by atoms with Gasteiger partial charge in [-0.1, -0.05) is 0 Å². The van der Waals surface area contributed by atoms with Crippen molar-refractivity contribution in [2.75, 3.05) is 6.61 Å². The highest BCUT2D eigenvalue weighted by Gasteiger charge is 2.21. The minimum atomic E-state index is 0.0735. The third-order valence-corrected chi connectivity index (χ3v) is 2.67. The summed E-state index contributed by atoms with van der Waals surface area (Å²) in [5.74, 6) is 0.0735. The molecule has 2 rings (SSSR count). The monoisotopic (exact) mass is 181 g/mol. The zero-order valence-corrected chi connectivity index (χ0v) is 7.71. The first kappa shape index (κ1) is 8.60. The summed E-state index contributed by atoms with van der Waals surface area (Å²) < 4.78 is 5.11. The van der Waals surface area contributed by atoms with Crippen molar-refractivity contribution in [3.63, 3.8) is 0 Å². The van der Waals surface area contributed by atoms with Crippen molar-refractivity contribution in [1.82, 2.24) is 5.32 Å². The molecule has 1 fully saturated rings. The van der Waals surface area contributed by atoms with E-state index in [0.29, 0.717) is 6.04 Å². The maximum Gasteiger partial charge on any atom is 0.250 e. The van der Waals surface area contributed by atoms with E-state index in [0.717, 1.165) is 37.9 Å². The number of carbonyl (C=O) groups is 1. The molecule has 1 aliphatic heterocycles. The van der Waals surface area contributed by atoms with Crippen LogP contribution < -0.4 is 5.32 Å². The molecule has 0 spiro atoms. The maximum atomic E-state index is 11.5. The smallest absolute Gasteiger partial charge is 0.250 e. The summed E-state index contributed by atoms with van der Waals surface area (Å²) in [5.41, 5.74) is 0.804. The Hall–Kier alpha value is -0.990. The van der Waals surface area contributed by atoms with E-state index in [1.165, 1.54) is 6.42 Å². The molecule has 3 nitrogen and oxygen atoms in total. The fourth-order valence-electron chi connectivity index (χ4n) is 1.56. The molecule has 0 radical (unpaired) electrons. The van der Waals surface area contributed by atoms with E-state index in [1.54, 1.807) is 6.26 Å². The fourth-order valence-corrected chi connectivity index (χ4v) is 1.56. The highest BCUT2D eigenvalue weighted by Crippen LogP contribution is 2.19. The molecule has 0 bridgehead atoms. The summed E-state index contributed by atoms with van der Waals surface area (Å²) in [6, 6.07) is 0.426. The zero-order chi connectivity index (χ0) is 9.10. The van der Waals surface area contributed by atoms with Gasteiger partial charge in [0.25, 0.3) is 5.91 Å². The highest BCUT2D eigenvalue weighted by atomic mass is 16.5. The lowest BCUT2D eigenvalue weighted by molar-refractivity contribution is -0.119. The van der Waals surface area contributed by atoms with Crippen LogP contribution in [-0.2, 0) is 9.53 Å². The first-order valence-electron chi connectivity index (χ1n) is 4.98. The predicted molar refractivity (Wildman–Crippen MR) is 49.1 cm³/mol. The van der Waals surface area contributed by atoms with E-state index in [4.69, 9.17) is 4.74 Å². The van der Waals surface area contributed by atoms with Gasteiger partial charge in [-0.25, -0.2) is 0 Å². The van der Waals surface area contributed by atoms with Crippen molar-refractivity contribution in [3.8, 4) is 0 Å². The lowest BCUT2D eigenvalue weighted by Crippen LogP contribution is -2.40. The van der Waals surface area contributed by atoms with E-state index < -0.39 is 0 Å². The highest BCUT2D eigenvalue weighted by molar-refractivity contribution is 5.93. The third-order valence-electron chi connectivity index (χ3n) is 2.67. The van der Waals surface area contributed by atoms with Gasteiger partial charge >= 0.3 is 0 Å². The molecule has 2 aliphatic rings. The molecule has 1 saturated carbocycles. The molecule has 0 saturated heterocycles. The molecule has 0 aromatic heterocycles. The SMILES string of the molecule is O=C(NC1CCC1)C1=COCCC1. The predicted octanol–water partition coefficient (Wildman–Crippen LogP) is 1.35. The van der Waals surface area contributed by atoms with Crippen LogP contribution in [0.5, 0.6) is 0 Å². The second-order valence-electron chi connectivity index (χ2n) is 3.72. The molecule has 0 atom stereocenters. The van der Waals surface area contributed by atoms with Gasteiger partial charge in [-0.15, -0.1) is 0 Å². The summed E-state index contributed by atoms with van der Waals surface area (Å²) in [5, 5.41) is 3.00. The van der Waals surface area contributed by atoms with Crippen molar-refractivity contribution in [2.45, 2.75) is 38.1 Å². The number of amides is 1. The summed E-state index contributed by atoms with van der Waals surface area (Å²) in [6.45, 7) is 0.750. The van der Waals surface area contributed by atoms with Gasteiger partial charge in [0.1, 0.15) is 0 Å². The van der Waals surface area contributed by atoms with Crippen molar-refractivity contribution >= 4 is 5.91 Å². The minimum absolute atomic E-state index is 0.0735. The van der Waals surface area contributed by atoms with E-state index in [9.17, 15) is 4.79 Å². The average Bonchev–Trinajstić information content (AvgIpc) is 2.12. The number of nitrogens with one attached hydrogen (secondary N) is 1. The number of hydrogen-bond donors (Lipinski definition) is 1. The van der Waals surface area contributed by atoms with Crippen LogP contribution >= 0.6 is 0 Å². The Kier molecular flexibility index (Phi) is 2.52. The second-order valence-corrected chi connectivity index (χ2v) is 3.72. The molecule has 1 N–H and O–H groups in total. The van der Waals surface area contributed by atoms with Crippen LogP contribution in [0, 0.1) is 0 Å². The molecule has 0 aromatic rings.